The van der Waals surface area contributed by atoms with Crippen molar-refractivity contribution in [2.75, 3.05) is 23.4 Å². The average molecular weight is 408 g/mol. The summed E-state index contributed by atoms with van der Waals surface area (Å²) < 4.78 is 5.24. The number of nitrogens with one attached hydrogen (secondary N) is 1. The molecule has 2 aromatic carbocycles. The van der Waals surface area contributed by atoms with Crippen LogP contribution in [0.3, 0.4) is 0 Å². The molecule has 0 unspecified atom stereocenters. The Labute approximate surface area is 177 Å². The zero-order chi connectivity index (χ0) is 21.5. The standard InChI is InChI=1S/C24H28N2O4/c1-3-4-5-14-30-24(29)18-8-10-20(11-9-18)25-23(28)19-15-22(27)26(16-19)21-12-6-17(2)7-13-21/h6-13,19H,3-5,14-16H2,1-2H3,(H,25,28)/t19-/m1/s1. The maximum Gasteiger partial charge on any atom is 0.338 e. The second kappa shape index (κ2) is 10.1. The third-order valence-corrected chi connectivity index (χ3v) is 5.21. The summed E-state index contributed by atoms with van der Waals surface area (Å²) in [6.07, 6.45) is 3.14. The number of carbonyl (C=O) groups excluding carboxylic acids is 3. The van der Waals surface area contributed by atoms with Gasteiger partial charge in [0.05, 0.1) is 18.1 Å². The van der Waals surface area contributed by atoms with Crippen LogP contribution >= 0.6 is 0 Å². The van der Waals surface area contributed by atoms with Gasteiger partial charge in [0.15, 0.2) is 0 Å². The molecule has 1 aliphatic heterocycles. The van der Waals surface area contributed by atoms with E-state index >= 15 is 0 Å². The van der Waals surface area contributed by atoms with Crippen molar-refractivity contribution in [2.24, 2.45) is 5.92 Å². The van der Waals surface area contributed by atoms with Crippen LogP contribution in [0.4, 0.5) is 11.4 Å². The number of nitrogens with zero attached hydrogens (tertiary/aromatic N) is 1. The van der Waals surface area contributed by atoms with Gasteiger partial charge in [0, 0.05) is 24.3 Å². The van der Waals surface area contributed by atoms with Gasteiger partial charge in [0.1, 0.15) is 0 Å². The molecular formula is C24H28N2O4. The minimum Gasteiger partial charge on any atom is -0.462 e. The van der Waals surface area contributed by atoms with Crippen molar-refractivity contribution in [1.82, 2.24) is 0 Å². The van der Waals surface area contributed by atoms with E-state index in [2.05, 4.69) is 12.2 Å². The van der Waals surface area contributed by atoms with Gasteiger partial charge >= 0.3 is 5.97 Å². The molecule has 0 aromatic heterocycles. The van der Waals surface area contributed by atoms with Crippen LogP contribution in [0, 0.1) is 12.8 Å². The predicted molar refractivity (Wildman–Crippen MR) is 117 cm³/mol. The Kier molecular flexibility index (Phi) is 7.22. The Morgan fingerprint density at radius 2 is 1.77 bits per heavy atom. The van der Waals surface area contributed by atoms with E-state index in [1.165, 1.54) is 0 Å². The maximum absolute atomic E-state index is 12.6. The maximum atomic E-state index is 12.6. The van der Waals surface area contributed by atoms with E-state index in [4.69, 9.17) is 4.74 Å². The van der Waals surface area contributed by atoms with Crippen LogP contribution in [-0.2, 0) is 14.3 Å². The monoisotopic (exact) mass is 408 g/mol. The summed E-state index contributed by atoms with van der Waals surface area (Å²) in [7, 11) is 0. The second-order valence-corrected chi connectivity index (χ2v) is 7.65. The minimum atomic E-state index is -0.415. The lowest BCUT2D eigenvalue weighted by atomic mass is 10.1. The van der Waals surface area contributed by atoms with Gasteiger partial charge in [-0.3, -0.25) is 9.59 Å². The first kappa shape index (κ1) is 21.6. The average Bonchev–Trinajstić information content (AvgIpc) is 3.14. The summed E-state index contributed by atoms with van der Waals surface area (Å²) in [4.78, 5) is 38.7. The molecule has 6 nitrogen and oxygen atoms in total. The highest BCUT2D eigenvalue weighted by Crippen LogP contribution is 2.26. The van der Waals surface area contributed by atoms with Crippen LogP contribution in [-0.4, -0.2) is 30.9 Å². The lowest BCUT2D eigenvalue weighted by molar-refractivity contribution is -0.122. The third kappa shape index (κ3) is 5.47. The molecule has 1 fully saturated rings. The normalized spacial score (nSPS) is 15.9. The molecule has 0 bridgehead atoms. The fourth-order valence-electron chi connectivity index (χ4n) is 3.39. The molecule has 0 saturated carbocycles. The van der Waals surface area contributed by atoms with Gasteiger partial charge in [0.25, 0.3) is 0 Å². The molecule has 1 heterocycles. The van der Waals surface area contributed by atoms with E-state index in [1.54, 1.807) is 29.2 Å². The Morgan fingerprint density at radius 1 is 1.07 bits per heavy atom. The highest BCUT2D eigenvalue weighted by atomic mass is 16.5. The SMILES string of the molecule is CCCCCOC(=O)c1ccc(NC(=O)[C@@H]2CC(=O)N(c3ccc(C)cc3)C2)cc1. The van der Waals surface area contributed by atoms with E-state index in [9.17, 15) is 14.4 Å². The fraction of sp³-hybridized carbons (Fsp3) is 0.375. The molecule has 1 atom stereocenters. The molecule has 0 radical (unpaired) electrons. The van der Waals surface area contributed by atoms with Crippen LogP contribution in [0.2, 0.25) is 0 Å². The molecule has 1 N–H and O–H groups in total. The van der Waals surface area contributed by atoms with Crippen molar-refractivity contribution in [1.29, 1.82) is 0 Å². The number of ether oxygens (including phenoxy) is 1. The summed E-state index contributed by atoms with van der Waals surface area (Å²) in [5.74, 6) is -1.03. The lowest BCUT2D eigenvalue weighted by Crippen LogP contribution is -2.28. The van der Waals surface area contributed by atoms with Gasteiger partial charge in [0.2, 0.25) is 11.8 Å². The number of benzene rings is 2. The zero-order valence-corrected chi connectivity index (χ0v) is 17.5. The Bertz CT molecular complexity index is 890. The molecule has 3 rings (SSSR count). The van der Waals surface area contributed by atoms with Crippen molar-refractivity contribution in [2.45, 2.75) is 39.5 Å². The van der Waals surface area contributed by atoms with Crippen molar-refractivity contribution < 1.29 is 19.1 Å². The number of esters is 1. The number of aryl methyl sites for hydroxylation is 1. The summed E-state index contributed by atoms with van der Waals surface area (Å²) in [6.45, 7) is 4.86. The molecule has 2 aromatic rings. The van der Waals surface area contributed by atoms with E-state index in [-0.39, 0.29) is 24.2 Å². The molecule has 0 aliphatic carbocycles. The highest BCUT2D eigenvalue weighted by Gasteiger charge is 2.35. The van der Waals surface area contributed by atoms with E-state index in [0.29, 0.717) is 24.4 Å². The quantitative estimate of drug-likeness (QED) is 0.521. The number of hydrogen-bond acceptors (Lipinski definition) is 4. The van der Waals surface area contributed by atoms with Crippen molar-refractivity contribution >= 4 is 29.2 Å². The third-order valence-electron chi connectivity index (χ3n) is 5.21. The summed E-state index contributed by atoms with van der Waals surface area (Å²) in [6, 6.07) is 14.3. The first-order valence-corrected chi connectivity index (χ1v) is 10.4. The first-order chi connectivity index (χ1) is 14.5. The van der Waals surface area contributed by atoms with Crippen LogP contribution in [0.25, 0.3) is 0 Å². The number of rotatable bonds is 8. The number of unbranched alkanes of at least 4 members (excludes halogenated alkanes) is 2. The Balaban J connectivity index is 1.54. The molecule has 6 heteroatoms. The van der Waals surface area contributed by atoms with Gasteiger partial charge in [-0.25, -0.2) is 4.79 Å². The predicted octanol–water partition coefficient (Wildman–Crippen LogP) is 4.33. The first-order valence-electron chi connectivity index (χ1n) is 10.4. The van der Waals surface area contributed by atoms with Crippen LogP contribution < -0.4 is 10.2 Å². The molecule has 1 aliphatic rings. The Morgan fingerprint density at radius 3 is 2.43 bits per heavy atom. The number of hydrogen-bond donors (Lipinski definition) is 1. The van der Waals surface area contributed by atoms with Crippen LogP contribution in [0.1, 0.15) is 48.5 Å². The van der Waals surface area contributed by atoms with E-state index in [1.807, 2.05) is 31.2 Å². The molecular weight excluding hydrogens is 380 g/mol. The smallest absolute Gasteiger partial charge is 0.338 e. The number of anilines is 2. The topological polar surface area (TPSA) is 75.7 Å². The Hall–Kier alpha value is -3.15. The van der Waals surface area contributed by atoms with Crippen LogP contribution in [0.5, 0.6) is 0 Å². The number of amides is 2. The summed E-state index contributed by atoms with van der Waals surface area (Å²) in [5.41, 5.74) is 2.96. The van der Waals surface area contributed by atoms with E-state index in [0.717, 1.165) is 30.5 Å². The second-order valence-electron chi connectivity index (χ2n) is 7.65. The molecule has 0 spiro atoms. The summed E-state index contributed by atoms with van der Waals surface area (Å²) in [5, 5.41) is 2.84. The largest absolute Gasteiger partial charge is 0.462 e. The minimum absolute atomic E-state index is 0.0554. The van der Waals surface area contributed by atoms with Crippen LogP contribution in [0.15, 0.2) is 48.5 Å². The van der Waals surface area contributed by atoms with E-state index < -0.39 is 5.92 Å². The van der Waals surface area contributed by atoms with Gasteiger partial charge in [-0.15, -0.1) is 0 Å². The molecule has 2 amide bonds. The van der Waals surface area contributed by atoms with Gasteiger partial charge < -0.3 is 15.0 Å². The lowest BCUT2D eigenvalue weighted by Gasteiger charge is -2.17. The highest BCUT2D eigenvalue weighted by molar-refractivity contribution is 6.03. The molecule has 1 saturated heterocycles. The molecule has 30 heavy (non-hydrogen) atoms. The molecule has 158 valence electrons. The number of carbonyl (C=O) groups is 3. The van der Waals surface area contributed by atoms with Gasteiger partial charge in [-0.2, -0.15) is 0 Å². The summed E-state index contributed by atoms with van der Waals surface area (Å²) >= 11 is 0. The van der Waals surface area contributed by atoms with Crippen molar-refractivity contribution in [3.05, 3.63) is 59.7 Å². The van der Waals surface area contributed by atoms with Gasteiger partial charge in [-0.05, 0) is 49.7 Å². The fourth-order valence-corrected chi connectivity index (χ4v) is 3.39. The van der Waals surface area contributed by atoms with Crippen molar-refractivity contribution in [3.63, 3.8) is 0 Å². The van der Waals surface area contributed by atoms with Gasteiger partial charge in [-0.1, -0.05) is 37.5 Å². The zero-order valence-electron chi connectivity index (χ0n) is 17.5. The van der Waals surface area contributed by atoms with Crippen molar-refractivity contribution in [3.8, 4) is 0 Å².